The van der Waals surface area contributed by atoms with Crippen molar-refractivity contribution in [2.75, 3.05) is 6.54 Å². The molecule has 0 saturated heterocycles. The van der Waals surface area contributed by atoms with Crippen molar-refractivity contribution in [1.82, 2.24) is 0 Å². The number of benzene rings is 4. The van der Waals surface area contributed by atoms with Crippen molar-refractivity contribution in [3.8, 4) is 0 Å². The third-order valence-corrected chi connectivity index (χ3v) is 7.58. The van der Waals surface area contributed by atoms with Gasteiger partial charge in [0.2, 0.25) is 0 Å². The first kappa shape index (κ1) is 30.3. The van der Waals surface area contributed by atoms with E-state index in [9.17, 15) is 39.5 Å². The smallest absolute Gasteiger partial charge is 0.311 e. The third kappa shape index (κ3) is 3.89. The summed E-state index contributed by atoms with van der Waals surface area (Å²) in [5.74, 6) is -45.1. The molecule has 1 N–H and O–H groups in total. The molecule has 17 heteroatoms. The summed E-state index contributed by atoms with van der Waals surface area (Å²) >= 11 is 0. The molecule has 0 aliphatic carbocycles. The number of quaternary nitrogens is 1. The number of nitrogens with one attached hydrogen (secondary N) is 1. The van der Waals surface area contributed by atoms with Crippen LogP contribution < -0.4 is 21.2 Å². The zero-order valence-electron chi connectivity index (χ0n) is 20.5. The number of fused-ring (bicyclic) bond motifs is 1. The first-order valence-corrected chi connectivity index (χ1v) is 11.8. The Hall–Kier alpha value is -4.15. The van der Waals surface area contributed by atoms with E-state index in [1.54, 1.807) is 0 Å². The molecule has 0 bridgehead atoms. The molecule has 1 atom stereocenters. The van der Waals surface area contributed by atoms with Crippen LogP contribution in [-0.2, 0) is 6.42 Å². The molecule has 5 rings (SSSR count). The maximum atomic E-state index is 15.7. The van der Waals surface area contributed by atoms with E-state index in [0.717, 1.165) is 12.1 Å². The van der Waals surface area contributed by atoms with E-state index in [-0.39, 0.29) is 5.56 Å². The standard InChI is InChI=1S/C26H9BF15N/c28-12-9(13(29)19(35)24(40)18(12)34)27(43-6-5-7-3-1-2-4-8(7)43,10-14(30)20(36)25(41)21(37)15(10)31)11-16(32)22(38)26(42)23(39)17(11)33/h1-4,43H,5-6H2. The van der Waals surface area contributed by atoms with Gasteiger partial charge in [-0.25, -0.2) is 65.9 Å². The number of hydrogen-bond donors (Lipinski definition) is 1. The Morgan fingerprint density at radius 3 is 1.00 bits per heavy atom. The van der Waals surface area contributed by atoms with E-state index in [1.807, 2.05) is 0 Å². The lowest BCUT2D eigenvalue weighted by atomic mass is 9.22. The second-order valence-electron chi connectivity index (χ2n) is 9.50. The van der Waals surface area contributed by atoms with E-state index in [0.29, 0.717) is 0 Å². The van der Waals surface area contributed by atoms with Gasteiger partial charge in [-0.15, -0.1) is 0 Å². The van der Waals surface area contributed by atoms with Gasteiger partial charge in [-0.05, 0) is 6.07 Å². The van der Waals surface area contributed by atoms with Crippen molar-refractivity contribution >= 4 is 28.4 Å². The van der Waals surface area contributed by atoms with Crippen molar-refractivity contribution < 1.29 is 70.7 Å². The molecule has 0 spiro atoms. The largest absolute Gasteiger partial charge is 0.480 e. The summed E-state index contributed by atoms with van der Waals surface area (Å²) in [6.07, 6.45) is -6.11. The molecule has 4 aromatic carbocycles. The summed E-state index contributed by atoms with van der Waals surface area (Å²) in [6.45, 7) is -0.919. The Morgan fingerprint density at radius 2 is 0.674 bits per heavy atom. The first-order valence-electron chi connectivity index (χ1n) is 11.8. The number of para-hydroxylation sites is 1. The minimum atomic E-state index is -5.70. The van der Waals surface area contributed by atoms with Crippen LogP contribution in [0.5, 0.6) is 0 Å². The van der Waals surface area contributed by atoms with Gasteiger partial charge in [0.05, 0.1) is 5.69 Å². The van der Waals surface area contributed by atoms with Crippen LogP contribution in [0.2, 0.25) is 0 Å². The highest BCUT2D eigenvalue weighted by molar-refractivity contribution is 7.06. The van der Waals surface area contributed by atoms with Crippen molar-refractivity contribution in [2.24, 2.45) is 0 Å². The summed E-state index contributed by atoms with van der Waals surface area (Å²) in [6, 6.07) is 4.48. The maximum absolute atomic E-state index is 15.7. The Morgan fingerprint density at radius 1 is 0.395 bits per heavy atom. The lowest BCUT2D eigenvalue weighted by Gasteiger charge is -2.47. The lowest BCUT2D eigenvalue weighted by Crippen LogP contribution is -3.26. The SMILES string of the molecule is Fc1c(F)c(F)c([B-](c2c(F)c(F)c(F)c(F)c2F)(c2c(F)c(F)c(F)c(F)c2F)[NH+]2CCc3ccccc32)c(F)c1F. The highest BCUT2D eigenvalue weighted by Crippen LogP contribution is 2.28. The average molecular weight is 631 g/mol. The molecule has 43 heavy (non-hydrogen) atoms. The quantitative estimate of drug-likeness (QED) is 0.147. The maximum Gasteiger partial charge on any atom is 0.311 e. The summed E-state index contributed by atoms with van der Waals surface area (Å²) in [5.41, 5.74) is -8.39. The minimum absolute atomic E-state index is 0.0136. The summed E-state index contributed by atoms with van der Waals surface area (Å²) < 4.78 is 224. The Balaban J connectivity index is 2.22. The van der Waals surface area contributed by atoms with Gasteiger partial charge in [-0.2, -0.15) is 0 Å². The van der Waals surface area contributed by atoms with Gasteiger partial charge in [0.25, 0.3) is 0 Å². The van der Waals surface area contributed by atoms with Gasteiger partial charge < -0.3 is 4.81 Å². The van der Waals surface area contributed by atoms with Crippen LogP contribution in [0.1, 0.15) is 5.56 Å². The fourth-order valence-electron chi connectivity index (χ4n) is 5.87. The van der Waals surface area contributed by atoms with Gasteiger partial charge in [-0.3, -0.25) is 0 Å². The van der Waals surface area contributed by atoms with Gasteiger partial charge in [0, 0.05) is 18.5 Å². The normalized spacial score (nSPS) is 14.9. The molecule has 1 aliphatic heterocycles. The highest BCUT2D eigenvalue weighted by Gasteiger charge is 2.57. The van der Waals surface area contributed by atoms with Crippen molar-refractivity contribution in [1.29, 1.82) is 0 Å². The van der Waals surface area contributed by atoms with E-state index in [4.69, 9.17) is 0 Å². The number of halogens is 15. The Kier molecular flexibility index (Phi) is 7.22. The summed E-state index contributed by atoms with van der Waals surface area (Å²) in [5, 5.41) is 0. The monoisotopic (exact) mass is 631 g/mol. The summed E-state index contributed by atoms with van der Waals surface area (Å²) in [7, 11) is 0. The van der Waals surface area contributed by atoms with E-state index in [1.165, 1.54) is 12.1 Å². The number of hydrogen-bond acceptors (Lipinski definition) is 0. The molecule has 1 nitrogen and oxygen atoms in total. The Labute approximate surface area is 229 Å². The molecule has 0 saturated carbocycles. The van der Waals surface area contributed by atoms with Gasteiger partial charge >= 0.3 is 6.28 Å². The molecule has 0 radical (unpaired) electrons. The Bertz CT molecular complexity index is 1600. The second-order valence-corrected chi connectivity index (χ2v) is 9.50. The van der Waals surface area contributed by atoms with Gasteiger partial charge in [0.15, 0.2) is 52.4 Å². The van der Waals surface area contributed by atoms with E-state index in [2.05, 4.69) is 0 Å². The van der Waals surface area contributed by atoms with E-state index < -0.39 is 133 Å². The van der Waals surface area contributed by atoms with Gasteiger partial charge in [-0.1, -0.05) is 34.6 Å². The van der Waals surface area contributed by atoms with Crippen LogP contribution in [-0.4, -0.2) is 12.8 Å². The second kappa shape index (κ2) is 10.2. The van der Waals surface area contributed by atoms with Crippen LogP contribution in [0.4, 0.5) is 71.5 Å². The molecule has 1 aliphatic rings. The van der Waals surface area contributed by atoms with E-state index >= 15 is 26.3 Å². The topological polar surface area (TPSA) is 4.44 Å². The lowest BCUT2D eigenvalue weighted by molar-refractivity contribution is -0.709. The predicted molar refractivity (Wildman–Crippen MR) is 119 cm³/mol. The molecule has 1 unspecified atom stereocenters. The molecule has 0 amide bonds. The number of rotatable bonds is 4. The predicted octanol–water partition coefficient (Wildman–Crippen LogP) is 4.51. The van der Waals surface area contributed by atoms with Crippen molar-refractivity contribution in [3.05, 3.63) is 117 Å². The molecular formula is C26H9BF15N. The highest BCUT2D eigenvalue weighted by atomic mass is 19.2. The molecule has 4 aromatic rings. The zero-order chi connectivity index (χ0) is 31.9. The molecular weight excluding hydrogens is 622 g/mol. The molecule has 0 fully saturated rings. The van der Waals surface area contributed by atoms with Crippen LogP contribution in [0, 0.1) is 87.3 Å². The van der Waals surface area contributed by atoms with Crippen molar-refractivity contribution in [3.63, 3.8) is 0 Å². The average Bonchev–Trinajstić information content (AvgIpc) is 3.43. The van der Waals surface area contributed by atoms with Gasteiger partial charge in [0.1, 0.15) is 34.9 Å². The first-order chi connectivity index (χ1) is 20.1. The molecule has 0 aromatic heterocycles. The molecule has 1 heterocycles. The minimum Gasteiger partial charge on any atom is -0.480 e. The third-order valence-electron chi connectivity index (χ3n) is 7.58. The van der Waals surface area contributed by atoms with Crippen LogP contribution >= 0.6 is 0 Å². The van der Waals surface area contributed by atoms with Crippen LogP contribution in [0.15, 0.2) is 24.3 Å². The summed E-state index contributed by atoms with van der Waals surface area (Å²) in [4.78, 5) is -1.16. The zero-order valence-corrected chi connectivity index (χ0v) is 20.5. The fourth-order valence-corrected chi connectivity index (χ4v) is 5.87. The van der Waals surface area contributed by atoms with Crippen molar-refractivity contribution in [2.45, 2.75) is 6.42 Å². The van der Waals surface area contributed by atoms with Crippen LogP contribution in [0.3, 0.4) is 0 Å². The van der Waals surface area contributed by atoms with Crippen LogP contribution in [0.25, 0.3) is 0 Å². The molecule has 226 valence electrons. The fraction of sp³-hybridized carbons (Fsp3) is 0.0769.